The molecule has 0 aliphatic carbocycles. The second-order valence-corrected chi connectivity index (χ2v) is 8.16. The van der Waals surface area contributed by atoms with Gasteiger partial charge in [-0.05, 0) is 36.6 Å². The lowest BCUT2D eigenvalue weighted by Crippen LogP contribution is -2.17. The molecule has 146 valence electrons. The van der Waals surface area contributed by atoms with Gasteiger partial charge < -0.3 is 11.2 Å². The lowest BCUT2D eigenvalue weighted by atomic mass is 10.3. The van der Waals surface area contributed by atoms with Crippen LogP contribution in [-0.2, 0) is 4.79 Å². The number of nitrogens with zero attached hydrogens (tertiary/aromatic N) is 4. The summed E-state index contributed by atoms with van der Waals surface area (Å²) >= 11 is 14.7. The van der Waals surface area contributed by atoms with Gasteiger partial charge in [0.15, 0.2) is 0 Å². The standard InChI is InChI=1S/C16H15Cl2N7OS2/c1-9(13-3-2-6-27-13)21-22-15-23-24-16(25(15)19)28-8-14(26)20-12-7-10(17)4-5-11(12)18/h2-7H,8,19H2,1H3,(H,20,26)(H,22,23)/b21-9+. The number of nitrogen functional groups attached to an aromatic ring is 1. The third-order valence-electron chi connectivity index (χ3n) is 3.40. The second kappa shape index (κ2) is 9.28. The van der Waals surface area contributed by atoms with Crippen molar-refractivity contribution in [3.05, 3.63) is 50.6 Å². The number of aromatic nitrogens is 3. The Morgan fingerprint density at radius 3 is 2.93 bits per heavy atom. The third-order valence-corrected chi connectivity index (χ3v) is 5.89. The molecule has 1 amide bonds. The molecule has 0 saturated heterocycles. The Bertz CT molecular complexity index is 1000. The van der Waals surface area contributed by atoms with E-state index in [-0.39, 0.29) is 17.6 Å². The number of rotatable bonds is 7. The molecule has 4 N–H and O–H groups in total. The van der Waals surface area contributed by atoms with Crippen molar-refractivity contribution in [1.82, 2.24) is 14.9 Å². The number of benzene rings is 1. The van der Waals surface area contributed by atoms with Crippen LogP contribution < -0.4 is 16.6 Å². The first-order valence-corrected chi connectivity index (χ1v) is 10.5. The summed E-state index contributed by atoms with van der Waals surface area (Å²) < 4.78 is 1.23. The molecule has 0 spiro atoms. The fraction of sp³-hybridized carbons (Fsp3) is 0.125. The number of amides is 1. The van der Waals surface area contributed by atoms with Crippen LogP contribution in [0.5, 0.6) is 0 Å². The normalized spacial score (nSPS) is 11.5. The first-order chi connectivity index (χ1) is 13.4. The Kier molecular flexibility index (Phi) is 6.79. The van der Waals surface area contributed by atoms with Crippen LogP contribution in [-0.4, -0.2) is 32.2 Å². The SMILES string of the molecule is C/C(=N\Nc1nnc(SCC(=O)Nc2cc(Cl)ccc2Cl)n1N)c1cccs1. The van der Waals surface area contributed by atoms with Crippen molar-refractivity contribution in [3.63, 3.8) is 0 Å². The lowest BCUT2D eigenvalue weighted by molar-refractivity contribution is -0.113. The number of hydrogen-bond donors (Lipinski definition) is 3. The smallest absolute Gasteiger partial charge is 0.264 e. The second-order valence-electron chi connectivity index (χ2n) is 5.42. The van der Waals surface area contributed by atoms with Crippen LogP contribution in [0.25, 0.3) is 0 Å². The molecule has 1 aromatic carbocycles. The van der Waals surface area contributed by atoms with Crippen LogP contribution in [0, 0.1) is 0 Å². The van der Waals surface area contributed by atoms with E-state index >= 15 is 0 Å². The van der Waals surface area contributed by atoms with E-state index in [0.29, 0.717) is 20.9 Å². The zero-order chi connectivity index (χ0) is 20.1. The van der Waals surface area contributed by atoms with Crippen LogP contribution in [0.2, 0.25) is 10.0 Å². The Morgan fingerprint density at radius 2 is 2.18 bits per heavy atom. The summed E-state index contributed by atoms with van der Waals surface area (Å²) in [6, 6.07) is 8.74. The van der Waals surface area contributed by atoms with Gasteiger partial charge >= 0.3 is 0 Å². The molecule has 0 fully saturated rings. The fourth-order valence-corrected chi connectivity index (χ4v) is 3.71. The van der Waals surface area contributed by atoms with Gasteiger partial charge in [-0.1, -0.05) is 41.0 Å². The predicted molar refractivity (Wildman–Crippen MR) is 116 cm³/mol. The summed E-state index contributed by atoms with van der Waals surface area (Å²) in [7, 11) is 0. The number of carbonyl (C=O) groups excluding carboxylic acids is 1. The number of halogens is 2. The molecule has 28 heavy (non-hydrogen) atoms. The van der Waals surface area contributed by atoms with E-state index in [1.165, 1.54) is 4.68 Å². The Balaban J connectivity index is 1.57. The monoisotopic (exact) mass is 455 g/mol. The summed E-state index contributed by atoms with van der Waals surface area (Å²) in [6.45, 7) is 1.87. The Morgan fingerprint density at radius 1 is 1.36 bits per heavy atom. The van der Waals surface area contributed by atoms with Crippen molar-refractivity contribution in [2.75, 3.05) is 22.3 Å². The zero-order valence-corrected chi connectivity index (χ0v) is 17.7. The third kappa shape index (κ3) is 5.16. The number of thioether (sulfide) groups is 1. The number of thiophene rings is 1. The Labute approximate surface area is 179 Å². The predicted octanol–water partition coefficient (Wildman–Crippen LogP) is 3.93. The van der Waals surface area contributed by atoms with Gasteiger partial charge in [0.25, 0.3) is 5.95 Å². The molecule has 0 radical (unpaired) electrons. The zero-order valence-electron chi connectivity index (χ0n) is 14.5. The first kappa shape index (κ1) is 20.5. The number of nitrogens with one attached hydrogen (secondary N) is 2. The maximum Gasteiger partial charge on any atom is 0.264 e. The van der Waals surface area contributed by atoms with E-state index in [9.17, 15) is 4.79 Å². The number of carbonyl (C=O) groups is 1. The van der Waals surface area contributed by atoms with Crippen molar-refractivity contribution in [1.29, 1.82) is 0 Å². The minimum absolute atomic E-state index is 0.0651. The number of hydrogen-bond acceptors (Lipinski definition) is 8. The maximum absolute atomic E-state index is 12.1. The highest BCUT2D eigenvalue weighted by Crippen LogP contribution is 2.26. The molecule has 0 atom stereocenters. The van der Waals surface area contributed by atoms with Crippen LogP contribution >= 0.6 is 46.3 Å². The number of anilines is 2. The van der Waals surface area contributed by atoms with E-state index in [1.807, 2.05) is 24.4 Å². The van der Waals surface area contributed by atoms with E-state index in [1.54, 1.807) is 29.5 Å². The topological polar surface area (TPSA) is 110 Å². The summed E-state index contributed by atoms with van der Waals surface area (Å²) in [5.41, 5.74) is 4.01. The molecular formula is C16H15Cl2N7OS2. The minimum Gasteiger partial charge on any atom is -0.334 e. The van der Waals surface area contributed by atoms with E-state index in [4.69, 9.17) is 29.0 Å². The van der Waals surface area contributed by atoms with Gasteiger partial charge in [0.1, 0.15) is 0 Å². The summed E-state index contributed by atoms with van der Waals surface area (Å²) in [6.07, 6.45) is 0. The molecule has 8 nitrogen and oxygen atoms in total. The van der Waals surface area contributed by atoms with E-state index < -0.39 is 0 Å². The molecule has 0 saturated carbocycles. The van der Waals surface area contributed by atoms with Crippen LogP contribution in [0.1, 0.15) is 11.8 Å². The largest absolute Gasteiger partial charge is 0.334 e. The van der Waals surface area contributed by atoms with Gasteiger partial charge in [-0.15, -0.1) is 21.5 Å². The summed E-state index contributed by atoms with van der Waals surface area (Å²) in [5.74, 6) is 6.01. The molecule has 0 aliphatic rings. The molecule has 12 heteroatoms. The molecular weight excluding hydrogens is 441 g/mol. The van der Waals surface area contributed by atoms with Crippen molar-refractivity contribution in [3.8, 4) is 0 Å². The summed E-state index contributed by atoms with van der Waals surface area (Å²) in [4.78, 5) is 13.2. The van der Waals surface area contributed by atoms with Gasteiger partial charge in [-0.2, -0.15) is 5.10 Å². The van der Waals surface area contributed by atoms with Gasteiger partial charge in [0.2, 0.25) is 11.1 Å². The molecule has 0 aliphatic heterocycles. The van der Waals surface area contributed by atoms with Crippen LogP contribution in [0.4, 0.5) is 11.6 Å². The van der Waals surface area contributed by atoms with Crippen LogP contribution in [0.3, 0.4) is 0 Å². The summed E-state index contributed by atoms with van der Waals surface area (Å²) in [5, 5.41) is 18.0. The average molecular weight is 456 g/mol. The molecule has 0 unspecified atom stereocenters. The van der Waals surface area contributed by atoms with Crippen molar-refractivity contribution < 1.29 is 4.79 Å². The van der Waals surface area contributed by atoms with Crippen molar-refractivity contribution >= 4 is 69.6 Å². The lowest BCUT2D eigenvalue weighted by Gasteiger charge is -2.07. The molecule has 0 bridgehead atoms. The van der Waals surface area contributed by atoms with E-state index in [2.05, 4.69) is 26.0 Å². The first-order valence-electron chi connectivity index (χ1n) is 7.86. The molecule has 3 aromatic rings. The molecule has 2 heterocycles. The number of nitrogens with two attached hydrogens (primary N) is 1. The fourth-order valence-electron chi connectivity index (χ4n) is 2.03. The highest BCUT2D eigenvalue weighted by atomic mass is 35.5. The average Bonchev–Trinajstić information content (AvgIpc) is 3.32. The van der Waals surface area contributed by atoms with Gasteiger partial charge in [-0.25, -0.2) is 10.1 Å². The van der Waals surface area contributed by atoms with E-state index in [0.717, 1.165) is 22.4 Å². The highest BCUT2D eigenvalue weighted by Gasteiger charge is 2.13. The van der Waals surface area contributed by atoms with Crippen LogP contribution in [0.15, 0.2) is 46.0 Å². The van der Waals surface area contributed by atoms with Gasteiger partial charge in [0, 0.05) is 9.90 Å². The van der Waals surface area contributed by atoms with Gasteiger partial charge in [0.05, 0.1) is 22.2 Å². The molecule has 3 rings (SSSR count). The minimum atomic E-state index is -0.279. The highest BCUT2D eigenvalue weighted by molar-refractivity contribution is 7.99. The Hall–Kier alpha value is -2.27. The molecule has 2 aromatic heterocycles. The van der Waals surface area contributed by atoms with Gasteiger partial charge in [-0.3, -0.25) is 4.79 Å². The quantitative estimate of drug-likeness (QED) is 0.215. The van der Waals surface area contributed by atoms with Crippen molar-refractivity contribution in [2.45, 2.75) is 12.1 Å². The maximum atomic E-state index is 12.1. The number of hydrazone groups is 1. The van der Waals surface area contributed by atoms with Crippen molar-refractivity contribution in [2.24, 2.45) is 5.10 Å².